The molecule has 0 radical (unpaired) electrons. The van der Waals surface area contributed by atoms with Gasteiger partial charge in [0.2, 0.25) is 5.91 Å². The highest BCUT2D eigenvalue weighted by atomic mass is 35.5. The molecule has 2 aromatic rings. The van der Waals surface area contributed by atoms with Crippen LogP contribution in [0.1, 0.15) is 31.9 Å². The minimum absolute atomic E-state index is 0.0259. The summed E-state index contributed by atoms with van der Waals surface area (Å²) >= 11 is 17.8. The van der Waals surface area contributed by atoms with Gasteiger partial charge >= 0.3 is 6.03 Å². The summed E-state index contributed by atoms with van der Waals surface area (Å²) in [6.07, 6.45) is 0. The zero-order valence-corrected chi connectivity index (χ0v) is 18.7. The monoisotopic (exact) mass is 472 g/mol. The van der Waals surface area contributed by atoms with E-state index in [-0.39, 0.29) is 33.6 Å². The predicted octanol–water partition coefficient (Wildman–Crippen LogP) is 5.39. The van der Waals surface area contributed by atoms with Gasteiger partial charge < -0.3 is 16.4 Å². The van der Waals surface area contributed by atoms with Gasteiger partial charge in [0.05, 0.1) is 20.6 Å². The molecule has 160 valence electrons. The fraction of sp³-hybridized carbons (Fsp3) is 0.250. The molecule has 0 bridgehead atoms. The average molecular weight is 474 g/mol. The lowest BCUT2D eigenvalue weighted by atomic mass is 9.95. The van der Waals surface area contributed by atoms with Crippen molar-refractivity contribution < 1.29 is 14.0 Å². The molecule has 0 saturated heterocycles. The molecule has 0 aromatic heterocycles. The van der Waals surface area contributed by atoms with E-state index in [0.717, 1.165) is 0 Å². The first-order valence-corrected chi connectivity index (χ1v) is 9.89. The molecule has 0 unspecified atom stereocenters. The van der Waals surface area contributed by atoms with Crippen LogP contribution in [0.3, 0.4) is 0 Å². The first-order valence-electron chi connectivity index (χ1n) is 8.76. The molecule has 0 spiro atoms. The van der Waals surface area contributed by atoms with E-state index >= 15 is 0 Å². The number of nitrogens with one attached hydrogen (secondary N) is 2. The Morgan fingerprint density at radius 2 is 1.70 bits per heavy atom. The van der Waals surface area contributed by atoms with Gasteiger partial charge in [-0.05, 0) is 24.3 Å². The van der Waals surface area contributed by atoms with Gasteiger partial charge in [-0.2, -0.15) is 4.99 Å². The van der Waals surface area contributed by atoms with Gasteiger partial charge in [0, 0.05) is 23.2 Å². The molecule has 2 aromatic carbocycles. The van der Waals surface area contributed by atoms with Gasteiger partial charge in [-0.25, -0.2) is 9.18 Å². The van der Waals surface area contributed by atoms with E-state index in [4.69, 9.17) is 40.5 Å². The highest BCUT2D eigenvalue weighted by Gasteiger charge is 2.22. The van der Waals surface area contributed by atoms with Crippen molar-refractivity contribution in [3.63, 3.8) is 0 Å². The van der Waals surface area contributed by atoms with Gasteiger partial charge in [-0.15, -0.1) is 0 Å². The Balaban J connectivity index is 2.23. The summed E-state index contributed by atoms with van der Waals surface area (Å²) in [5.41, 5.74) is 5.44. The number of amides is 3. The van der Waals surface area contributed by atoms with Gasteiger partial charge in [0.15, 0.2) is 0 Å². The third-order valence-corrected chi connectivity index (χ3v) is 4.99. The van der Waals surface area contributed by atoms with Crippen molar-refractivity contribution >= 4 is 58.3 Å². The Morgan fingerprint density at radius 1 is 1.07 bits per heavy atom. The second-order valence-electron chi connectivity index (χ2n) is 7.38. The number of rotatable bonds is 4. The zero-order chi connectivity index (χ0) is 22.6. The lowest BCUT2D eigenvalue weighted by molar-refractivity contribution is -0.128. The summed E-state index contributed by atoms with van der Waals surface area (Å²) in [6.45, 7) is 5.14. The minimum atomic E-state index is -0.854. The van der Waals surface area contributed by atoms with Gasteiger partial charge in [0.25, 0.3) is 0 Å². The third-order valence-electron chi connectivity index (χ3n) is 3.94. The molecular weight excluding hydrogens is 454 g/mol. The topological polar surface area (TPSA) is 96.6 Å². The Labute approximate surface area is 188 Å². The number of halogens is 4. The van der Waals surface area contributed by atoms with Crippen molar-refractivity contribution in [3.8, 4) is 0 Å². The van der Waals surface area contributed by atoms with Crippen molar-refractivity contribution in [2.75, 3.05) is 5.32 Å². The van der Waals surface area contributed by atoms with Crippen molar-refractivity contribution in [1.82, 2.24) is 5.32 Å². The molecule has 6 nitrogen and oxygen atoms in total. The summed E-state index contributed by atoms with van der Waals surface area (Å²) in [7, 11) is 0. The largest absolute Gasteiger partial charge is 0.383 e. The van der Waals surface area contributed by atoms with E-state index in [1.165, 1.54) is 30.3 Å². The maximum Gasteiger partial charge on any atom is 0.347 e. The number of nitrogens with two attached hydrogens (primary N) is 1. The lowest BCUT2D eigenvalue weighted by Gasteiger charge is -2.18. The number of aliphatic imine (C=N–C) groups is 1. The first kappa shape index (κ1) is 23.9. The maximum absolute atomic E-state index is 14.9. The van der Waals surface area contributed by atoms with Crippen molar-refractivity contribution in [1.29, 1.82) is 0 Å². The Kier molecular flexibility index (Phi) is 7.69. The van der Waals surface area contributed by atoms with Crippen LogP contribution in [0.15, 0.2) is 35.3 Å². The quantitative estimate of drug-likeness (QED) is 0.410. The SMILES string of the molecule is CC(C)(C)C(=O)NCc1ccc(Cl)c(/C(N)=N/C(=O)Nc2ccc(Cl)c(Cl)c2)c1F. The number of benzene rings is 2. The van der Waals surface area contributed by atoms with E-state index in [2.05, 4.69) is 15.6 Å². The van der Waals surface area contributed by atoms with Gasteiger partial charge in [-0.3, -0.25) is 4.79 Å². The molecule has 0 aliphatic heterocycles. The number of carbonyl (C=O) groups is 2. The third kappa shape index (κ3) is 6.08. The van der Waals surface area contributed by atoms with E-state index in [1.54, 1.807) is 20.8 Å². The van der Waals surface area contributed by atoms with Gasteiger partial charge in [0.1, 0.15) is 11.7 Å². The fourth-order valence-electron chi connectivity index (χ4n) is 2.30. The molecule has 10 heteroatoms. The molecule has 4 N–H and O–H groups in total. The standard InChI is InChI=1S/C20H20Cl3FN4O2/c1-20(2,3)18(29)26-9-10-4-6-13(22)15(16(10)24)17(25)28-19(30)27-11-5-7-12(21)14(23)8-11/h4-8H,9H2,1-3H3,(H,26,29)(H3,25,27,28,30). The molecule has 0 aliphatic carbocycles. The van der Waals surface area contributed by atoms with Crippen LogP contribution in [-0.2, 0) is 11.3 Å². The van der Waals surface area contributed by atoms with E-state index < -0.39 is 23.1 Å². The van der Waals surface area contributed by atoms with Crippen LogP contribution in [-0.4, -0.2) is 17.8 Å². The number of nitrogens with zero attached hydrogens (tertiary/aromatic N) is 1. The second kappa shape index (κ2) is 9.64. The van der Waals surface area contributed by atoms with Crippen LogP contribution >= 0.6 is 34.8 Å². The van der Waals surface area contributed by atoms with E-state index in [1.807, 2.05) is 0 Å². The molecular formula is C20H20Cl3FN4O2. The summed E-state index contributed by atoms with van der Waals surface area (Å²) in [4.78, 5) is 27.8. The Hall–Kier alpha value is -2.35. The highest BCUT2D eigenvalue weighted by Crippen LogP contribution is 2.26. The van der Waals surface area contributed by atoms with Crippen LogP contribution in [0.2, 0.25) is 15.1 Å². The molecule has 0 saturated carbocycles. The number of amidine groups is 1. The number of urea groups is 1. The maximum atomic E-state index is 14.9. The Bertz CT molecular complexity index is 1020. The van der Waals surface area contributed by atoms with Crippen molar-refractivity contribution in [2.24, 2.45) is 16.1 Å². The summed E-state index contributed by atoms with van der Waals surface area (Å²) < 4.78 is 14.9. The summed E-state index contributed by atoms with van der Waals surface area (Å²) in [6, 6.07) is 6.43. The van der Waals surface area contributed by atoms with Crippen LogP contribution < -0.4 is 16.4 Å². The molecule has 3 amide bonds. The van der Waals surface area contributed by atoms with Gasteiger partial charge in [-0.1, -0.05) is 61.6 Å². The first-order chi connectivity index (χ1) is 13.9. The number of anilines is 1. The average Bonchev–Trinajstić information content (AvgIpc) is 2.63. The zero-order valence-electron chi connectivity index (χ0n) is 16.4. The summed E-state index contributed by atoms with van der Waals surface area (Å²) in [5, 5.41) is 5.63. The predicted molar refractivity (Wildman–Crippen MR) is 119 cm³/mol. The minimum Gasteiger partial charge on any atom is -0.383 e. The van der Waals surface area contributed by atoms with E-state index in [9.17, 15) is 14.0 Å². The van der Waals surface area contributed by atoms with Crippen molar-refractivity contribution in [3.05, 3.63) is 62.3 Å². The Morgan fingerprint density at radius 3 is 2.30 bits per heavy atom. The lowest BCUT2D eigenvalue weighted by Crippen LogP contribution is -2.34. The van der Waals surface area contributed by atoms with E-state index in [0.29, 0.717) is 10.7 Å². The number of hydrogen-bond acceptors (Lipinski definition) is 2. The molecule has 0 atom stereocenters. The van der Waals surface area contributed by atoms with Crippen LogP contribution in [0.5, 0.6) is 0 Å². The molecule has 0 heterocycles. The van der Waals surface area contributed by atoms with Crippen LogP contribution in [0.4, 0.5) is 14.9 Å². The fourth-order valence-corrected chi connectivity index (χ4v) is 2.84. The van der Waals surface area contributed by atoms with Crippen LogP contribution in [0.25, 0.3) is 0 Å². The molecule has 2 rings (SSSR count). The van der Waals surface area contributed by atoms with Crippen molar-refractivity contribution in [2.45, 2.75) is 27.3 Å². The second-order valence-corrected chi connectivity index (χ2v) is 8.61. The molecule has 0 fully saturated rings. The van der Waals surface area contributed by atoms with Crippen LogP contribution in [0, 0.1) is 11.2 Å². The molecule has 30 heavy (non-hydrogen) atoms. The summed E-state index contributed by atoms with van der Waals surface area (Å²) in [5.74, 6) is -1.44. The molecule has 0 aliphatic rings. The number of hydrogen-bond donors (Lipinski definition) is 3. The normalized spacial score (nSPS) is 11.9. The number of carbonyl (C=O) groups excluding carboxylic acids is 2. The smallest absolute Gasteiger partial charge is 0.347 e. The highest BCUT2D eigenvalue weighted by molar-refractivity contribution is 6.42.